The third-order valence-electron chi connectivity index (χ3n) is 2.24. The van der Waals surface area contributed by atoms with Gasteiger partial charge in [0.05, 0.1) is 0 Å². The summed E-state index contributed by atoms with van der Waals surface area (Å²) >= 11 is 0. The molecule has 0 N–H and O–H groups in total. The first-order valence-corrected chi connectivity index (χ1v) is 16.3. The Hall–Kier alpha value is 0.271. The quantitative estimate of drug-likeness (QED) is 0.598. The van der Waals surface area contributed by atoms with Gasteiger partial charge in [0.15, 0.2) is 16.6 Å². The van der Waals surface area contributed by atoms with Gasteiger partial charge < -0.3 is 13.3 Å². The van der Waals surface area contributed by atoms with E-state index in [-0.39, 0.29) is 14.9 Å². The summed E-state index contributed by atoms with van der Waals surface area (Å²) in [6, 6.07) is 0. The maximum absolute atomic E-state index is 5.11. The van der Waals surface area contributed by atoms with Crippen molar-refractivity contribution in [2.45, 2.75) is 67.2 Å². The second-order valence-electron chi connectivity index (χ2n) is 6.64. The van der Waals surface area contributed by atoms with Crippen LogP contribution in [-0.4, -0.2) is 46.3 Å². The van der Waals surface area contributed by atoms with Crippen LogP contribution >= 0.6 is 0 Å². The van der Waals surface area contributed by atoms with Crippen LogP contribution in [0.4, 0.5) is 0 Å². The van der Waals surface area contributed by atoms with Crippen molar-refractivity contribution in [1.82, 2.24) is 0 Å². The van der Waals surface area contributed by atoms with Gasteiger partial charge in [-0.3, -0.25) is 0 Å². The van der Waals surface area contributed by atoms with Gasteiger partial charge in [-0.15, -0.1) is 6.58 Å². The predicted octanol–water partition coefficient (Wildman–Crippen LogP) is 5.77. The fourth-order valence-corrected chi connectivity index (χ4v) is 0.250. The maximum Gasteiger partial charge on any atom is 0.209 e. The van der Waals surface area contributed by atoms with Crippen molar-refractivity contribution >= 4 is 25.0 Å². The molecule has 21 heavy (non-hydrogen) atoms. The third kappa shape index (κ3) is 44.9. The van der Waals surface area contributed by atoms with Crippen LogP contribution in [0.1, 0.15) is 14.9 Å². The zero-order valence-corrected chi connectivity index (χ0v) is 18.0. The molecule has 0 spiro atoms. The van der Waals surface area contributed by atoms with Gasteiger partial charge >= 0.3 is 0 Å². The van der Waals surface area contributed by atoms with Crippen LogP contribution in [0, 0.1) is 0 Å². The summed E-state index contributed by atoms with van der Waals surface area (Å²) in [6.45, 7) is 20.8. The van der Waals surface area contributed by atoms with Crippen molar-refractivity contribution < 1.29 is 13.3 Å². The van der Waals surface area contributed by atoms with Crippen molar-refractivity contribution in [1.29, 1.82) is 0 Å². The van der Waals surface area contributed by atoms with E-state index in [0.29, 0.717) is 0 Å². The Balaban J connectivity index is -0.0000000584. The SMILES string of the molecule is C.C.C=C[Si](C)(C)OC.CO[Si](C)(C)C.CO[Si](C)(C)C. The Morgan fingerprint density at radius 2 is 0.810 bits per heavy atom. The Morgan fingerprint density at radius 3 is 0.810 bits per heavy atom. The lowest BCUT2D eigenvalue weighted by atomic mass is 11.3. The number of rotatable bonds is 4. The molecule has 0 aromatic heterocycles. The molecule has 0 fully saturated rings. The first kappa shape index (κ1) is 33.0. The van der Waals surface area contributed by atoms with Crippen molar-refractivity contribution in [3.05, 3.63) is 12.3 Å². The molecule has 0 atom stereocenters. The predicted molar refractivity (Wildman–Crippen MR) is 109 cm³/mol. The van der Waals surface area contributed by atoms with Gasteiger partial charge in [-0.25, -0.2) is 0 Å². The largest absolute Gasteiger partial charge is 0.421 e. The summed E-state index contributed by atoms with van der Waals surface area (Å²) in [5, 5.41) is 0. The highest BCUT2D eigenvalue weighted by molar-refractivity contribution is 6.76. The molecule has 6 heteroatoms. The topological polar surface area (TPSA) is 27.7 Å². The minimum absolute atomic E-state index is 0. The van der Waals surface area contributed by atoms with Crippen LogP contribution in [0.3, 0.4) is 0 Å². The molecule has 0 aromatic rings. The van der Waals surface area contributed by atoms with Gasteiger partial charge in [0.2, 0.25) is 8.32 Å². The van der Waals surface area contributed by atoms with Gasteiger partial charge in [-0.1, -0.05) is 20.6 Å². The van der Waals surface area contributed by atoms with E-state index < -0.39 is 25.0 Å². The van der Waals surface area contributed by atoms with Crippen LogP contribution in [0.15, 0.2) is 12.3 Å². The first-order chi connectivity index (χ1) is 8.24. The first-order valence-electron chi connectivity index (χ1n) is 6.53. The fraction of sp³-hybridized carbons (Fsp3) is 0.867. The molecule has 0 saturated heterocycles. The molecule has 134 valence electrons. The fourth-order valence-electron chi connectivity index (χ4n) is 0.0833. The van der Waals surface area contributed by atoms with Gasteiger partial charge in [0.25, 0.3) is 0 Å². The molecule has 0 unspecified atom stereocenters. The van der Waals surface area contributed by atoms with Crippen molar-refractivity contribution in [2.24, 2.45) is 0 Å². The Kier molecular flexibility index (Phi) is 23.9. The average Bonchev–Trinajstić information content (AvgIpc) is 2.29. The molecule has 0 amide bonds. The zero-order valence-electron chi connectivity index (χ0n) is 15.0. The normalized spacial score (nSPS) is 10.6. The Labute approximate surface area is 139 Å². The summed E-state index contributed by atoms with van der Waals surface area (Å²) in [7, 11) is 1.62. The molecule has 0 aliphatic carbocycles. The summed E-state index contributed by atoms with van der Waals surface area (Å²) in [5.41, 5.74) is 1.91. The lowest BCUT2D eigenvalue weighted by Gasteiger charge is -2.12. The van der Waals surface area contributed by atoms with E-state index in [9.17, 15) is 0 Å². The van der Waals surface area contributed by atoms with Crippen LogP contribution < -0.4 is 0 Å². The second-order valence-corrected chi connectivity index (χ2v) is 19.9. The molecule has 0 aromatic carbocycles. The van der Waals surface area contributed by atoms with Crippen molar-refractivity contribution in [2.75, 3.05) is 21.3 Å². The third-order valence-corrected chi connectivity index (χ3v) is 6.73. The summed E-state index contributed by atoms with van der Waals surface area (Å²) in [4.78, 5) is 0. The minimum atomic E-state index is -1.39. The van der Waals surface area contributed by atoms with E-state index in [2.05, 4.69) is 59.0 Å². The van der Waals surface area contributed by atoms with Crippen molar-refractivity contribution in [3.63, 3.8) is 0 Å². The molecule has 0 bridgehead atoms. The van der Waals surface area contributed by atoms with E-state index in [1.54, 1.807) is 21.3 Å². The van der Waals surface area contributed by atoms with Gasteiger partial charge in [-0.05, 0) is 52.4 Å². The van der Waals surface area contributed by atoms with E-state index in [0.717, 1.165) is 0 Å². The molecule has 0 rings (SSSR count). The van der Waals surface area contributed by atoms with Gasteiger partial charge in [-0.2, -0.15) is 0 Å². The average molecular weight is 357 g/mol. The van der Waals surface area contributed by atoms with Crippen LogP contribution in [-0.2, 0) is 13.3 Å². The van der Waals surface area contributed by atoms with Crippen LogP contribution in [0.25, 0.3) is 0 Å². The van der Waals surface area contributed by atoms with Crippen LogP contribution in [0.5, 0.6) is 0 Å². The summed E-state index contributed by atoms with van der Waals surface area (Å²) < 4.78 is 15.3. The number of hydrogen-bond acceptors (Lipinski definition) is 3. The Bertz CT molecular complexity index is 205. The molecule has 0 aliphatic heterocycles. The lowest BCUT2D eigenvalue weighted by molar-refractivity contribution is 0.410. The summed E-state index contributed by atoms with van der Waals surface area (Å²) in [6.07, 6.45) is 0. The summed E-state index contributed by atoms with van der Waals surface area (Å²) in [5.74, 6) is 0. The molecule has 0 heterocycles. The van der Waals surface area contributed by atoms with E-state index in [1.165, 1.54) is 0 Å². The molecular weight excluding hydrogens is 312 g/mol. The van der Waals surface area contributed by atoms with Crippen LogP contribution in [0.2, 0.25) is 52.4 Å². The highest BCUT2D eigenvalue weighted by Gasteiger charge is 2.13. The number of hydrogen-bond donors (Lipinski definition) is 0. The molecule has 0 radical (unpaired) electrons. The van der Waals surface area contributed by atoms with E-state index in [1.807, 2.05) is 5.70 Å². The van der Waals surface area contributed by atoms with E-state index in [4.69, 9.17) is 13.3 Å². The maximum atomic E-state index is 5.11. The second kappa shape index (κ2) is 15.2. The monoisotopic (exact) mass is 356 g/mol. The molecular formula is C15H44O3Si3. The zero-order chi connectivity index (χ0) is 16.3. The van der Waals surface area contributed by atoms with E-state index >= 15 is 0 Å². The standard InChI is InChI=1S/C5H12OSi.2C4H12OSi.2CH4/c1-5-7(3,4)6-2;2*1-5-6(2,3)4;;/h5H,1H2,2-4H3;2*1-4H3;2*1H4. The van der Waals surface area contributed by atoms with Crippen molar-refractivity contribution in [3.8, 4) is 0 Å². The highest BCUT2D eigenvalue weighted by Crippen LogP contribution is 2.00. The van der Waals surface area contributed by atoms with Gasteiger partial charge in [0, 0.05) is 21.3 Å². The highest BCUT2D eigenvalue weighted by atomic mass is 28.4. The van der Waals surface area contributed by atoms with Gasteiger partial charge in [0.1, 0.15) is 0 Å². The molecule has 0 saturated carbocycles. The Morgan fingerprint density at radius 1 is 0.619 bits per heavy atom. The smallest absolute Gasteiger partial charge is 0.209 e. The lowest BCUT2D eigenvalue weighted by Crippen LogP contribution is -2.24. The minimum Gasteiger partial charge on any atom is -0.421 e. The molecule has 3 nitrogen and oxygen atoms in total. The molecule has 0 aliphatic rings.